The Labute approximate surface area is 166 Å². The number of carbonyl (C=O) groups is 2. The van der Waals surface area contributed by atoms with Crippen LogP contribution in [-0.2, 0) is 4.74 Å². The highest BCUT2D eigenvalue weighted by molar-refractivity contribution is 6.34. The molecule has 0 aliphatic carbocycles. The van der Waals surface area contributed by atoms with E-state index in [2.05, 4.69) is 10.6 Å². The number of halogens is 2. The summed E-state index contributed by atoms with van der Waals surface area (Å²) in [5, 5.41) is 5.81. The van der Waals surface area contributed by atoms with Gasteiger partial charge in [0.15, 0.2) is 0 Å². The van der Waals surface area contributed by atoms with Crippen LogP contribution >= 0.6 is 11.6 Å². The van der Waals surface area contributed by atoms with Gasteiger partial charge in [0.2, 0.25) is 0 Å². The van der Waals surface area contributed by atoms with Gasteiger partial charge in [0, 0.05) is 17.1 Å². The fourth-order valence-electron chi connectivity index (χ4n) is 2.55. The number of esters is 1. The predicted molar refractivity (Wildman–Crippen MR) is 107 cm³/mol. The highest BCUT2D eigenvalue weighted by Gasteiger charge is 2.15. The molecule has 142 valence electrons. The van der Waals surface area contributed by atoms with Gasteiger partial charge >= 0.3 is 5.97 Å². The molecule has 3 aromatic rings. The van der Waals surface area contributed by atoms with Crippen LogP contribution in [0.4, 0.5) is 21.5 Å². The van der Waals surface area contributed by atoms with Crippen LogP contribution < -0.4 is 10.6 Å². The molecule has 0 atom stereocenters. The topological polar surface area (TPSA) is 67.4 Å². The van der Waals surface area contributed by atoms with Crippen LogP contribution in [0, 0.1) is 5.82 Å². The van der Waals surface area contributed by atoms with Crippen LogP contribution in [0.1, 0.15) is 20.7 Å². The number of methoxy groups -OCH3 is 1. The molecule has 0 saturated heterocycles. The van der Waals surface area contributed by atoms with E-state index in [1.54, 1.807) is 42.5 Å². The standard InChI is InChI=1S/C21H16ClFN2O3/c1-28-21(27)13-4-2-5-16(12-13)24-14-8-10-15(11-9-14)25-20(26)19-17(22)6-3-7-18(19)23/h2-12,24H,1H3,(H,25,26). The molecule has 5 nitrogen and oxygen atoms in total. The summed E-state index contributed by atoms with van der Waals surface area (Å²) in [5.74, 6) is -1.74. The second-order valence-corrected chi connectivity index (χ2v) is 6.23. The Balaban J connectivity index is 1.70. The van der Waals surface area contributed by atoms with E-state index in [1.165, 1.54) is 25.3 Å². The Morgan fingerprint density at radius 2 is 1.61 bits per heavy atom. The maximum Gasteiger partial charge on any atom is 0.337 e. The molecular weight excluding hydrogens is 383 g/mol. The van der Waals surface area contributed by atoms with Gasteiger partial charge in [-0.1, -0.05) is 23.7 Å². The van der Waals surface area contributed by atoms with Crippen molar-refractivity contribution in [2.45, 2.75) is 0 Å². The molecule has 0 unspecified atom stereocenters. The number of carbonyl (C=O) groups excluding carboxylic acids is 2. The number of anilines is 3. The fourth-order valence-corrected chi connectivity index (χ4v) is 2.80. The minimum atomic E-state index is -0.686. The Bertz CT molecular complexity index is 1000. The van der Waals surface area contributed by atoms with Gasteiger partial charge in [0.05, 0.1) is 23.3 Å². The van der Waals surface area contributed by atoms with Gasteiger partial charge in [-0.2, -0.15) is 0 Å². The van der Waals surface area contributed by atoms with Crippen molar-refractivity contribution in [3.63, 3.8) is 0 Å². The van der Waals surface area contributed by atoms with Gasteiger partial charge in [-0.25, -0.2) is 9.18 Å². The number of benzene rings is 3. The highest BCUT2D eigenvalue weighted by Crippen LogP contribution is 2.23. The molecule has 0 radical (unpaired) electrons. The molecule has 3 rings (SSSR count). The monoisotopic (exact) mass is 398 g/mol. The van der Waals surface area contributed by atoms with Crippen molar-refractivity contribution in [2.24, 2.45) is 0 Å². The first-order valence-corrected chi connectivity index (χ1v) is 8.66. The molecule has 0 aliphatic heterocycles. The average Bonchev–Trinajstić information content (AvgIpc) is 2.69. The first-order valence-electron chi connectivity index (χ1n) is 8.29. The van der Waals surface area contributed by atoms with E-state index in [9.17, 15) is 14.0 Å². The molecule has 3 aromatic carbocycles. The molecule has 0 aliphatic rings. The van der Waals surface area contributed by atoms with Crippen molar-refractivity contribution < 1.29 is 18.7 Å². The summed E-state index contributed by atoms with van der Waals surface area (Å²) in [4.78, 5) is 23.9. The Hall–Kier alpha value is -3.38. The maximum atomic E-state index is 13.8. The van der Waals surface area contributed by atoms with Crippen LogP contribution in [0.25, 0.3) is 0 Å². The zero-order chi connectivity index (χ0) is 20.1. The Morgan fingerprint density at radius 3 is 2.29 bits per heavy atom. The predicted octanol–water partition coefficient (Wildman–Crippen LogP) is 5.26. The summed E-state index contributed by atoms with van der Waals surface area (Å²) in [5.41, 5.74) is 2.16. The summed E-state index contributed by atoms with van der Waals surface area (Å²) in [6.07, 6.45) is 0. The zero-order valence-corrected chi connectivity index (χ0v) is 15.6. The van der Waals surface area contributed by atoms with E-state index in [4.69, 9.17) is 16.3 Å². The number of hydrogen-bond acceptors (Lipinski definition) is 4. The first-order chi connectivity index (χ1) is 13.5. The summed E-state index contributed by atoms with van der Waals surface area (Å²) in [7, 11) is 1.32. The second-order valence-electron chi connectivity index (χ2n) is 5.83. The molecule has 0 heterocycles. The lowest BCUT2D eigenvalue weighted by Crippen LogP contribution is -2.14. The largest absolute Gasteiger partial charge is 0.465 e. The van der Waals surface area contributed by atoms with Crippen molar-refractivity contribution in [3.8, 4) is 0 Å². The third-order valence-corrected chi connectivity index (χ3v) is 4.22. The third kappa shape index (κ3) is 4.47. The molecular formula is C21H16ClFN2O3. The Kier molecular flexibility index (Phi) is 5.91. The molecule has 2 N–H and O–H groups in total. The lowest BCUT2D eigenvalue weighted by molar-refractivity contribution is 0.0600. The molecule has 1 amide bonds. The van der Waals surface area contributed by atoms with Gasteiger partial charge in [0.1, 0.15) is 5.82 Å². The van der Waals surface area contributed by atoms with E-state index in [-0.39, 0.29) is 10.6 Å². The van der Waals surface area contributed by atoms with Crippen LogP contribution in [0.15, 0.2) is 66.7 Å². The Morgan fingerprint density at radius 1 is 0.929 bits per heavy atom. The molecule has 7 heteroatoms. The average molecular weight is 399 g/mol. The van der Waals surface area contributed by atoms with Crippen molar-refractivity contribution in [3.05, 3.63) is 88.7 Å². The number of rotatable bonds is 5. The number of hydrogen-bond donors (Lipinski definition) is 2. The SMILES string of the molecule is COC(=O)c1cccc(Nc2ccc(NC(=O)c3c(F)cccc3Cl)cc2)c1. The maximum absolute atomic E-state index is 13.8. The van der Waals surface area contributed by atoms with Gasteiger partial charge in [-0.3, -0.25) is 4.79 Å². The van der Waals surface area contributed by atoms with Crippen LogP contribution in [0.2, 0.25) is 5.02 Å². The van der Waals surface area contributed by atoms with Crippen LogP contribution in [0.5, 0.6) is 0 Å². The lowest BCUT2D eigenvalue weighted by Gasteiger charge is -2.10. The fraction of sp³-hybridized carbons (Fsp3) is 0.0476. The van der Waals surface area contributed by atoms with Gasteiger partial charge in [-0.15, -0.1) is 0 Å². The van der Waals surface area contributed by atoms with E-state index < -0.39 is 17.7 Å². The molecule has 0 aromatic heterocycles. The smallest absolute Gasteiger partial charge is 0.337 e. The highest BCUT2D eigenvalue weighted by atomic mass is 35.5. The number of nitrogens with one attached hydrogen (secondary N) is 2. The van der Waals surface area contributed by atoms with Gasteiger partial charge in [-0.05, 0) is 54.6 Å². The van der Waals surface area contributed by atoms with Gasteiger partial charge in [0.25, 0.3) is 5.91 Å². The quantitative estimate of drug-likeness (QED) is 0.575. The van der Waals surface area contributed by atoms with E-state index in [0.29, 0.717) is 16.9 Å². The summed E-state index contributed by atoms with van der Waals surface area (Å²) >= 11 is 5.91. The van der Waals surface area contributed by atoms with E-state index in [0.717, 1.165) is 5.69 Å². The molecule has 0 spiro atoms. The molecule has 28 heavy (non-hydrogen) atoms. The summed E-state index contributed by atoms with van der Waals surface area (Å²) in [6, 6.07) is 17.7. The molecule has 0 bridgehead atoms. The third-order valence-electron chi connectivity index (χ3n) is 3.90. The van der Waals surface area contributed by atoms with E-state index >= 15 is 0 Å². The molecule has 0 fully saturated rings. The van der Waals surface area contributed by atoms with Crippen LogP contribution in [-0.4, -0.2) is 19.0 Å². The first kappa shape index (κ1) is 19.4. The molecule has 0 saturated carbocycles. The zero-order valence-electron chi connectivity index (χ0n) is 14.8. The minimum absolute atomic E-state index is 0.0428. The summed E-state index contributed by atoms with van der Waals surface area (Å²) < 4.78 is 18.5. The number of ether oxygens (including phenoxy) is 1. The normalized spacial score (nSPS) is 10.2. The second kappa shape index (κ2) is 8.54. The van der Waals surface area contributed by atoms with Crippen molar-refractivity contribution >= 4 is 40.5 Å². The van der Waals surface area contributed by atoms with E-state index in [1.807, 2.05) is 6.07 Å². The summed E-state index contributed by atoms with van der Waals surface area (Å²) in [6.45, 7) is 0. The van der Waals surface area contributed by atoms with Crippen molar-refractivity contribution in [1.29, 1.82) is 0 Å². The van der Waals surface area contributed by atoms with Crippen molar-refractivity contribution in [1.82, 2.24) is 0 Å². The number of amides is 1. The minimum Gasteiger partial charge on any atom is -0.465 e. The lowest BCUT2D eigenvalue weighted by atomic mass is 10.2. The van der Waals surface area contributed by atoms with Gasteiger partial charge < -0.3 is 15.4 Å². The van der Waals surface area contributed by atoms with Crippen LogP contribution in [0.3, 0.4) is 0 Å². The van der Waals surface area contributed by atoms with Crippen molar-refractivity contribution in [2.75, 3.05) is 17.7 Å².